The Morgan fingerprint density at radius 1 is 1.02 bits per heavy atom. The molecular formula is C34H54BN3O5. The van der Waals surface area contributed by atoms with Gasteiger partial charge in [0.05, 0.1) is 23.6 Å². The lowest BCUT2D eigenvalue weighted by molar-refractivity contribution is -0.199. The molecule has 8 nitrogen and oxygen atoms in total. The minimum atomic E-state index is -0.736. The van der Waals surface area contributed by atoms with E-state index in [1.54, 1.807) is 0 Å². The highest BCUT2D eigenvalue weighted by molar-refractivity contribution is 6.47. The number of rotatable bonds is 15. The predicted molar refractivity (Wildman–Crippen MR) is 171 cm³/mol. The van der Waals surface area contributed by atoms with Gasteiger partial charge in [0.25, 0.3) is 0 Å². The van der Waals surface area contributed by atoms with E-state index in [2.05, 4.69) is 57.5 Å². The van der Waals surface area contributed by atoms with Crippen LogP contribution >= 0.6 is 0 Å². The number of nitrogens with one attached hydrogen (secondary N) is 3. The van der Waals surface area contributed by atoms with E-state index in [4.69, 9.17) is 9.31 Å². The van der Waals surface area contributed by atoms with Crippen molar-refractivity contribution in [2.24, 2.45) is 29.1 Å². The van der Waals surface area contributed by atoms with Gasteiger partial charge in [-0.15, -0.1) is 0 Å². The molecule has 3 aliphatic carbocycles. The molecule has 5 rings (SSSR count). The van der Waals surface area contributed by atoms with Crippen LogP contribution in [0.15, 0.2) is 24.3 Å². The Morgan fingerprint density at radius 3 is 2.37 bits per heavy atom. The van der Waals surface area contributed by atoms with Crippen molar-refractivity contribution in [2.75, 3.05) is 13.1 Å². The number of unbranched alkanes of at least 4 members (excludes halogenated alkanes) is 1. The SMILES string of the molecule is CCCCc1ccc(C(=O)C[C@@H](CNC(=O)NCCC)C(=O)N[C@@H](CC(C)C)B2O[C@@H]3C[C@H]4C[C@H](C4(C)C)[C@]3(C)O2)cc1. The second-order valence-electron chi connectivity index (χ2n) is 14.3. The lowest BCUT2D eigenvalue weighted by Gasteiger charge is -2.64. The summed E-state index contributed by atoms with van der Waals surface area (Å²) in [5.74, 6) is -0.133. The summed E-state index contributed by atoms with van der Waals surface area (Å²) < 4.78 is 13.3. The largest absolute Gasteiger partial charge is 0.481 e. The van der Waals surface area contributed by atoms with Gasteiger partial charge in [-0.3, -0.25) is 9.59 Å². The van der Waals surface area contributed by atoms with Gasteiger partial charge in [-0.1, -0.05) is 72.2 Å². The molecule has 0 aromatic heterocycles. The smallest absolute Gasteiger partial charge is 0.404 e. The van der Waals surface area contributed by atoms with E-state index >= 15 is 0 Å². The maximum Gasteiger partial charge on any atom is 0.481 e. The molecule has 3 amide bonds. The fourth-order valence-electron chi connectivity index (χ4n) is 7.47. The highest BCUT2D eigenvalue weighted by Crippen LogP contribution is 2.65. The first-order valence-corrected chi connectivity index (χ1v) is 16.7. The molecule has 3 saturated carbocycles. The van der Waals surface area contributed by atoms with Crippen LogP contribution in [0.5, 0.6) is 0 Å². The van der Waals surface area contributed by atoms with Gasteiger partial charge in [0.2, 0.25) is 5.91 Å². The van der Waals surface area contributed by atoms with Crippen LogP contribution in [0.2, 0.25) is 0 Å². The van der Waals surface area contributed by atoms with Crippen molar-refractivity contribution in [1.82, 2.24) is 16.0 Å². The molecule has 1 aromatic rings. The number of aryl methyl sites for hydroxylation is 1. The van der Waals surface area contributed by atoms with E-state index in [1.807, 2.05) is 31.2 Å². The molecule has 43 heavy (non-hydrogen) atoms. The van der Waals surface area contributed by atoms with Crippen molar-refractivity contribution in [1.29, 1.82) is 0 Å². The summed E-state index contributed by atoms with van der Waals surface area (Å²) >= 11 is 0. The first kappa shape index (κ1) is 33.5. The quantitative estimate of drug-likeness (QED) is 0.178. The van der Waals surface area contributed by atoms with Crippen LogP contribution in [-0.4, -0.2) is 55.6 Å². The zero-order valence-electron chi connectivity index (χ0n) is 27.5. The van der Waals surface area contributed by atoms with Crippen molar-refractivity contribution in [3.63, 3.8) is 0 Å². The third-order valence-corrected chi connectivity index (χ3v) is 10.3. The third-order valence-electron chi connectivity index (χ3n) is 10.3. The maximum atomic E-state index is 13.9. The van der Waals surface area contributed by atoms with Crippen molar-refractivity contribution in [2.45, 2.75) is 117 Å². The van der Waals surface area contributed by atoms with Gasteiger partial charge in [-0.05, 0) is 74.2 Å². The highest BCUT2D eigenvalue weighted by Gasteiger charge is 2.68. The summed E-state index contributed by atoms with van der Waals surface area (Å²) in [6, 6.07) is 7.34. The van der Waals surface area contributed by atoms with Crippen LogP contribution in [0.25, 0.3) is 0 Å². The Balaban J connectivity index is 1.47. The van der Waals surface area contributed by atoms with Gasteiger partial charge >= 0.3 is 13.1 Å². The predicted octanol–water partition coefficient (Wildman–Crippen LogP) is 5.73. The molecule has 1 saturated heterocycles. The molecule has 0 spiro atoms. The fourth-order valence-corrected chi connectivity index (χ4v) is 7.47. The van der Waals surface area contributed by atoms with Gasteiger partial charge in [0, 0.05) is 25.1 Å². The van der Waals surface area contributed by atoms with E-state index in [-0.39, 0.29) is 53.7 Å². The molecule has 4 fully saturated rings. The molecule has 0 radical (unpaired) electrons. The number of benzene rings is 1. The molecular weight excluding hydrogens is 541 g/mol. The Labute approximate surface area is 259 Å². The number of amides is 3. The number of hydrogen-bond donors (Lipinski definition) is 3. The molecule has 6 atom stereocenters. The molecule has 2 bridgehead atoms. The van der Waals surface area contributed by atoms with Crippen molar-refractivity contribution < 1.29 is 23.7 Å². The van der Waals surface area contributed by atoms with Gasteiger partial charge < -0.3 is 25.3 Å². The zero-order chi connectivity index (χ0) is 31.4. The normalized spacial score (nSPS) is 26.7. The maximum absolute atomic E-state index is 13.9. The van der Waals surface area contributed by atoms with Crippen LogP contribution in [0.4, 0.5) is 4.79 Å². The van der Waals surface area contributed by atoms with Crippen molar-refractivity contribution in [3.8, 4) is 0 Å². The summed E-state index contributed by atoms with van der Waals surface area (Å²) in [7, 11) is -0.552. The summed E-state index contributed by atoms with van der Waals surface area (Å²) in [5.41, 5.74) is 1.63. The minimum Gasteiger partial charge on any atom is -0.404 e. The molecule has 9 heteroatoms. The van der Waals surface area contributed by atoms with Crippen LogP contribution in [0.3, 0.4) is 0 Å². The van der Waals surface area contributed by atoms with Crippen molar-refractivity contribution in [3.05, 3.63) is 35.4 Å². The highest BCUT2D eigenvalue weighted by atomic mass is 16.7. The van der Waals surface area contributed by atoms with E-state index in [9.17, 15) is 14.4 Å². The minimum absolute atomic E-state index is 0.00669. The number of hydrogen-bond acceptors (Lipinski definition) is 5. The van der Waals surface area contributed by atoms with Gasteiger partial charge in [-0.2, -0.15) is 0 Å². The molecule has 0 unspecified atom stereocenters. The topological polar surface area (TPSA) is 106 Å². The Kier molecular flexibility index (Phi) is 11.0. The Bertz CT molecular complexity index is 1130. The third kappa shape index (κ3) is 7.65. The lowest BCUT2D eigenvalue weighted by atomic mass is 9.43. The number of Topliss-reactive ketones (excluding diaryl/α,β-unsaturated/α-hetero) is 1. The van der Waals surface area contributed by atoms with Gasteiger partial charge in [-0.25, -0.2) is 4.79 Å². The van der Waals surface area contributed by atoms with Crippen molar-refractivity contribution >= 4 is 24.8 Å². The molecule has 4 aliphatic rings. The van der Waals surface area contributed by atoms with Crippen LogP contribution < -0.4 is 16.0 Å². The summed E-state index contributed by atoms with van der Waals surface area (Å²) in [6.45, 7) is 15.8. The van der Waals surface area contributed by atoms with E-state index < -0.39 is 13.0 Å². The number of ketones is 1. The Morgan fingerprint density at radius 2 is 1.74 bits per heavy atom. The molecule has 3 N–H and O–H groups in total. The lowest BCUT2D eigenvalue weighted by Crippen LogP contribution is -2.65. The average molecular weight is 596 g/mol. The van der Waals surface area contributed by atoms with E-state index in [0.717, 1.165) is 38.5 Å². The number of carbonyl (C=O) groups excluding carboxylic acids is 3. The average Bonchev–Trinajstić information content (AvgIpc) is 3.33. The van der Waals surface area contributed by atoms with Gasteiger partial charge in [0.15, 0.2) is 5.78 Å². The molecule has 238 valence electrons. The van der Waals surface area contributed by atoms with Crippen LogP contribution in [0.1, 0.15) is 109 Å². The first-order valence-electron chi connectivity index (χ1n) is 16.7. The van der Waals surface area contributed by atoms with E-state index in [1.165, 1.54) is 5.56 Å². The summed E-state index contributed by atoms with van der Waals surface area (Å²) in [4.78, 5) is 39.6. The molecule has 1 aromatic carbocycles. The summed E-state index contributed by atoms with van der Waals surface area (Å²) in [6.07, 6.45) is 6.83. The standard InChI is InChI=1S/C34H54BN3O5/c1-8-10-11-23-12-14-24(15-13-23)27(39)18-25(21-37-32(41)36-16-9-2)31(40)38-30(17-22(3)4)35-42-29-20-26-19-28(33(26,5)6)34(29,7)43-35/h12-15,22,25-26,28-30H,8-11,16-21H2,1-7H3,(H,38,40)(H2,36,37,41)/t25-,26+,28+,29+,30-,34-/m0/s1. The number of urea groups is 1. The zero-order valence-corrected chi connectivity index (χ0v) is 27.5. The van der Waals surface area contributed by atoms with Crippen LogP contribution in [0, 0.1) is 29.1 Å². The van der Waals surface area contributed by atoms with Gasteiger partial charge in [0.1, 0.15) is 0 Å². The first-order chi connectivity index (χ1) is 20.4. The molecule has 1 aliphatic heterocycles. The second kappa shape index (κ2) is 14.1. The second-order valence-corrected chi connectivity index (χ2v) is 14.3. The monoisotopic (exact) mass is 595 g/mol. The molecule has 1 heterocycles. The van der Waals surface area contributed by atoms with Crippen LogP contribution in [-0.2, 0) is 20.5 Å². The van der Waals surface area contributed by atoms with E-state index in [0.29, 0.717) is 36.3 Å². The fraction of sp³-hybridized carbons (Fsp3) is 0.735. The number of carbonyl (C=O) groups is 3. The summed E-state index contributed by atoms with van der Waals surface area (Å²) in [5, 5.41) is 8.81. The Hall–Kier alpha value is -2.39.